The van der Waals surface area contributed by atoms with E-state index in [9.17, 15) is 14.4 Å². The minimum atomic E-state index is -0.689. The summed E-state index contributed by atoms with van der Waals surface area (Å²) < 4.78 is 5.12. The van der Waals surface area contributed by atoms with Gasteiger partial charge in [-0.1, -0.05) is 54.0 Å². The van der Waals surface area contributed by atoms with Crippen molar-refractivity contribution in [3.8, 4) is 0 Å². The fraction of sp³-hybridized carbons (Fsp3) is 0.821. The Labute approximate surface area is 214 Å². The van der Waals surface area contributed by atoms with Gasteiger partial charge in [-0.3, -0.25) is 14.5 Å². The first-order valence-corrected chi connectivity index (χ1v) is 13.3. The topological polar surface area (TPSA) is 79.0 Å². The van der Waals surface area contributed by atoms with Gasteiger partial charge in [-0.15, -0.1) is 0 Å². The second-order valence-corrected chi connectivity index (χ2v) is 11.9. The third-order valence-corrected chi connectivity index (χ3v) is 7.34. The Hall–Kier alpha value is -1.89. The van der Waals surface area contributed by atoms with Crippen LogP contribution in [0.15, 0.2) is 11.6 Å². The predicted molar refractivity (Wildman–Crippen MR) is 142 cm³/mol. The molecule has 202 valence electrons. The standard InChI is InChI=1S/C28H51N3O4/c1-12-28(9,10)31-17-15-14-16-21(31)24(32)29-23(27(6,7)8)25(33)30(11)22(19(3)4)18-20(5)26(34)35-13-2/h18-19,21-23H,12-17H2,1-11H3,(H,29,32)/b20-18+/t21?,22-,23-/m1/s1. The van der Waals surface area contributed by atoms with Gasteiger partial charge in [0.2, 0.25) is 11.8 Å². The number of likely N-dealkylation sites (N-methyl/N-ethyl adjacent to an activating group) is 1. The van der Waals surface area contributed by atoms with Crippen LogP contribution >= 0.6 is 0 Å². The van der Waals surface area contributed by atoms with E-state index in [0.29, 0.717) is 12.2 Å². The molecule has 0 aromatic rings. The van der Waals surface area contributed by atoms with E-state index in [2.05, 4.69) is 31.0 Å². The lowest BCUT2D eigenvalue weighted by Gasteiger charge is -2.46. The Morgan fingerprint density at radius 2 is 1.71 bits per heavy atom. The van der Waals surface area contributed by atoms with E-state index in [0.717, 1.165) is 32.2 Å². The molecule has 7 heteroatoms. The van der Waals surface area contributed by atoms with Crippen molar-refractivity contribution >= 4 is 17.8 Å². The number of nitrogens with zero attached hydrogens (tertiary/aromatic N) is 2. The molecule has 1 rings (SSSR count). The zero-order valence-electron chi connectivity index (χ0n) is 24.2. The maximum Gasteiger partial charge on any atom is 0.333 e. The lowest BCUT2D eigenvalue weighted by Crippen LogP contribution is -2.62. The normalized spacial score (nSPS) is 19.8. The predicted octanol–water partition coefficient (Wildman–Crippen LogP) is 4.55. The van der Waals surface area contributed by atoms with Crippen molar-refractivity contribution in [2.45, 2.75) is 119 Å². The SMILES string of the molecule is CCOC(=O)/C(C)=C/[C@H](C(C)C)N(C)C(=O)[C@@H](NC(=O)C1CCCCN1C(C)(C)CC)C(C)(C)C. The van der Waals surface area contributed by atoms with Gasteiger partial charge in [0.1, 0.15) is 6.04 Å². The van der Waals surface area contributed by atoms with E-state index in [4.69, 9.17) is 4.74 Å². The summed E-state index contributed by atoms with van der Waals surface area (Å²) in [5.41, 5.74) is -0.0953. The van der Waals surface area contributed by atoms with Crippen LogP contribution in [0.3, 0.4) is 0 Å². The number of carbonyl (C=O) groups excluding carboxylic acids is 3. The summed E-state index contributed by atoms with van der Waals surface area (Å²) in [6.07, 6.45) is 5.64. The van der Waals surface area contributed by atoms with Gasteiger partial charge in [0.05, 0.1) is 18.7 Å². The van der Waals surface area contributed by atoms with E-state index >= 15 is 0 Å². The number of esters is 1. The quantitative estimate of drug-likeness (QED) is 0.357. The molecule has 3 atom stereocenters. The summed E-state index contributed by atoms with van der Waals surface area (Å²) in [5.74, 6) is -0.541. The summed E-state index contributed by atoms with van der Waals surface area (Å²) >= 11 is 0. The van der Waals surface area contributed by atoms with Gasteiger partial charge in [0.15, 0.2) is 0 Å². The van der Waals surface area contributed by atoms with Gasteiger partial charge in [0.25, 0.3) is 0 Å². The molecular formula is C28H51N3O4. The molecule has 0 aromatic heterocycles. The monoisotopic (exact) mass is 493 g/mol. The van der Waals surface area contributed by atoms with Crippen LogP contribution in [0.2, 0.25) is 0 Å². The average Bonchev–Trinajstić information content (AvgIpc) is 2.78. The van der Waals surface area contributed by atoms with Crippen molar-refractivity contribution in [2.24, 2.45) is 11.3 Å². The van der Waals surface area contributed by atoms with Gasteiger partial charge in [-0.25, -0.2) is 4.79 Å². The Morgan fingerprint density at radius 1 is 1.11 bits per heavy atom. The molecule has 0 aromatic carbocycles. The first kappa shape index (κ1) is 31.1. The lowest BCUT2D eigenvalue weighted by atomic mass is 9.84. The molecule has 1 fully saturated rings. The first-order chi connectivity index (χ1) is 16.1. The van der Waals surface area contributed by atoms with Crippen molar-refractivity contribution in [2.75, 3.05) is 20.2 Å². The molecule has 1 aliphatic heterocycles. The molecule has 1 N–H and O–H groups in total. The van der Waals surface area contributed by atoms with Crippen LogP contribution in [0.5, 0.6) is 0 Å². The van der Waals surface area contributed by atoms with Crippen molar-refractivity contribution in [1.29, 1.82) is 0 Å². The molecule has 1 saturated heterocycles. The van der Waals surface area contributed by atoms with E-state index in [-0.39, 0.29) is 41.3 Å². The van der Waals surface area contributed by atoms with Gasteiger partial charge in [0, 0.05) is 18.2 Å². The fourth-order valence-electron chi connectivity index (χ4n) is 4.69. The Morgan fingerprint density at radius 3 is 2.20 bits per heavy atom. The second-order valence-electron chi connectivity index (χ2n) is 11.9. The summed E-state index contributed by atoms with van der Waals surface area (Å²) in [6, 6.07) is -1.24. The average molecular weight is 494 g/mol. The number of hydrogen-bond donors (Lipinski definition) is 1. The molecule has 0 aliphatic carbocycles. The van der Waals surface area contributed by atoms with Crippen molar-refractivity contribution < 1.29 is 19.1 Å². The van der Waals surface area contributed by atoms with E-state index in [1.807, 2.05) is 34.6 Å². The third-order valence-electron chi connectivity index (χ3n) is 7.34. The van der Waals surface area contributed by atoms with Crippen LogP contribution < -0.4 is 5.32 Å². The Bertz CT molecular complexity index is 767. The zero-order chi connectivity index (χ0) is 27.1. The number of likely N-dealkylation sites (tertiary alicyclic amines) is 1. The summed E-state index contributed by atoms with van der Waals surface area (Å²) in [5, 5.41) is 3.14. The van der Waals surface area contributed by atoms with Gasteiger partial charge < -0.3 is 15.0 Å². The highest BCUT2D eigenvalue weighted by Gasteiger charge is 2.41. The molecule has 35 heavy (non-hydrogen) atoms. The van der Waals surface area contributed by atoms with Crippen LogP contribution in [-0.2, 0) is 19.1 Å². The van der Waals surface area contributed by atoms with E-state index < -0.39 is 11.5 Å². The Kier molecular flexibility index (Phi) is 11.5. The van der Waals surface area contributed by atoms with Crippen LogP contribution in [0.4, 0.5) is 0 Å². The lowest BCUT2D eigenvalue weighted by molar-refractivity contribution is -0.143. The third kappa shape index (κ3) is 8.33. The fourth-order valence-corrected chi connectivity index (χ4v) is 4.69. The molecule has 0 spiro atoms. The van der Waals surface area contributed by atoms with Crippen molar-refractivity contribution in [3.63, 3.8) is 0 Å². The van der Waals surface area contributed by atoms with Crippen LogP contribution in [0.25, 0.3) is 0 Å². The second kappa shape index (κ2) is 12.9. The van der Waals surface area contributed by atoms with Gasteiger partial charge >= 0.3 is 5.97 Å². The first-order valence-electron chi connectivity index (χ1n) is 13.3. The molecule has 7 nitrogen and oxygen atoms in total. The molecule has 1 unspecified atom stereocenters. The molecule has 1 heterocycles. The van der Waals surface area contributed by atoms with Gasteiger partial charge in [-0.05, 0) is 64.8 Å². The van der Waals surface area contributed by atoms with Crippen molar-refractivity contribution in [1.82, 2.24) is 15.1 Å². The summed E-state index contributed by atoms with van der Waals surface area (Å²) in [7, 11) is 1.75. The summed E-state index contributed by atoms with van der Waals surface area (Å²) in [6.45, 7) is 21.1. The minimum Gasteiger partial charge on any atom is -0.463 e. The number of carbonyl (C=O) groups is 3. The molecule has 0 saturated carbocycles. The van der Waals surface area contributed by atoms with E-state index in [1.54, 1.807) is 31.9 Å². The Balaban J connectivity index is 3.21. The van der Waals surface area contributed by atoms with E-state index in [1.165, 1.54) is 0 Å². The minimum absolute atomic E-state index is 0.0730. The molecular weight excluding hydrogens is 442 g/mol. The number of nitrogens with one attached hydrogen (secondary N) is 1. The molecule has 1 aliphatic rings. The van der Waals surface area contributed by atoms with Crippen LogP contribution in [-0.4, -0.2) is 71.4 Å². The van der Waals surface area contributed by atoms with Crippen molar-refractivity contribution in [3.05, 3.63) is 11.6 Å². The zero-order valence-corrected chi connectivity index (χ0v) is 24.2. The number of hydrogen-bond acceptors (Lipinski definition) is 5. The number of ether oxygens (including phenoxy) is 1. The van der Waals surface area contributed by atoms with Gasteiger partial charge in [-0.2, -0.15) is 0 Å². The number of rotatable bonds is 10. The summed E-state index contributed by atoms with van der Waals surface area (Å²) in [4.78, 5) is 43.6. The van der Waals surface area contributed by atoms with Crippen LogP contribution in [0.1, 0.15) is 94.9 Å². The molecule has 0 radical (unpaired) electrons. The number of amides is 2. The highest BCUT2D eigenvalue weighted by atomic mass is 16.5. The van der Waals surface area contributed by atoms with Crippen LogP contribution in [0, 0.1) is 11.3 Å². The highest BCUT2D eigenvalue weighted by Crippen LogP contribution is 2.30. The maximum absolute atomic E-state index is 13.8. The smallest absolute Gasteiger partial charge is 0.333 e. The molecule has 0 bridgehead atoms. The highest BCUT2D eigenvalue weighted by molar-refractivity contribution is 5.91. The number of piperidine rings is 1. The molecule has 2 amide bonds. The largest absolute Gasteiger partial charge is 0.463 e. The maximum atomic E-state index is 13.8.